The number of nitrogens with zero attached hydrogens (tertiary/aromatic N) is 2. The van der Waals surface area contributed by atoms with Crippen molar-refractivity contribution < 1.29 is 19.2 Å². The fraction of sp³-hybridized carbons (Fsp3) is 0.214. The third-order valence-corrected chi connectivity index (χ3v) is 6.45. The minimum atomic E-state index is -0.601. The van der Waals surface area contributed by atoms with Crippen molar-refractivity contribution in [2.45, 2.75) is 38.0 Å². The fourth-order valence-electron chi connectivity index (χ4n) is 4.55. The lowest BCUT2D eigenvalue weighted by atomic mass is 10.2. The lowest BCUT2D eigenvalue weighted by Gasteiger charge is -2.19. The maximum Gasteiger partial charge on any atom is 0.251 e. The predicted molar refractivity (Wildman–Crippen MR) is 135 cm³/mol. The zero-order valence-electron chi connectivity index (χ0n) is 19.6. The van der Waals surface area contributed by atoms with E-state index < -0.39 is 12.1 Å². The van der Waals surface area contributed by atoms with Crippen molar-refractivity contribution in [2.24, 2.45) is 0 Å². The van der Waals surface area contributed by atoms with Gasteiger partial charge in [-0.3, -0.25) is 19.2 Å². The summed E-state index contributed by atoms with van der Waals surface area (Å²) >= 11 is 0. The molecule has 0 unspecified atom stereocenters. The highest BCUT2D eigenvalue weighted by Gasteiger charge is 2.41. The first kappa shape index (κ1) is 23.6. The Kier molecular flexibility index (Phi) is 6.71. The van der Waals surface area contributed by atoms with Gasteiger partial charge in [0, 0.05) is 13.1 Å². The van der Waals surface area contributed by atoms with Gasteiger partial charge in [0.05, 0.1) is 36.3 Å². The number of hydrogen-bond donors (Lipinski definition) is 2. The molecule has 2 saturated heterocycles. The van der Waals surface area contributed by atoms with Crippen LogP contribution in [0.1, 0.15) is 24.0 Å². The Balaban J connectivity index is 1.23. The largest absolute Gasteiger partial charge is 0.301 e. The topological polar surface area (TPSA) is 98.8 Å². The van der Waals surface area contributed by atoms with E-state index in [1.54, 1.807) is 24.3 Å². The minimum Gasteiger partial charge on any atom is -0.301 e. The van der Waals surface area contributed by atoms with Crippen LogP contribution in [-0.4, -0.2) is 35.7 Å². The lowest BCUT2D eigenvalue weighted by molar-refractivity contribution is -0.123. The molecule has 0 saturated carbocycles. The molecule has 5 rings (SSSR count). The van der Waals surface area contributed by atoms with Crippen LogP contribution in [0, 0.1) is 0 Å². The Bertz CT molecular complexity index is 1180. The van der Waals surface area contributed by atoms with Gasteiger partial charge in [-0.05, 0) is 35.4 Å². The molecule has 2 N–H and O–H groups in total. The number of carbonyl (C=O) groups excluding carboxylic acids is 4. The van der Waals surface area contributed by atoms with Crippen molar-refractivity contribution in [3.63, 3.8) is 0 Å². The van der Waals surface area contributed by atoms with Crippen molar-refractivity contribution >= 4 is 35.0 Å². The molecule has 3 aromatic carbocycles. The van der Waals surface area contributed by atoms with Gasteiger partial charge in [0.1, 0.15) is 0 Å². The summed E-state index contributed by atoms with van der Waals surface area (Å²) in [6, 6.07) is 24.5. The maximum absolute atomic E-state index is 12.9. The predicted octanol–water partition coefficient (Wildman–Crippen LogP) is 2.53. The van der Waals surface area contributed by atoms with E-state index in [4.69, 9.17) is 0 Å². The smallest absolute Gasteiger partial charge is 0.251 e. The minimum absolute atomic E-state index is 0.0747. The molecule has 0 spiro atoms. The molecular weight excluding hydrogens is 456 g/mol. The summed E-state index contributed by atoms with van der Waals surface area (Å²) < 4.78 is 0. The summed E-state index contributed by atoms with van der Waals surface area (Å²) in [7, 11) is 0. The molecule has 0 radical (unpaired) electrons. The van der Waals surface area contributed by atoms with Crippen LogP contribution in [0.25, 0.3) is 0 Å². The summed E-state index contributed by atoms with van der Waals surface area (Å²) in [5, 5.41) is 6.32. The van der Waals surface area contributed by atoms with Crippen LogP contribution in [0.3, 0.4) is 0 Å². The number of imide groups is 2. The molecule has 8 heteroatoms. The van der Waals surface area contributed by atoms with Crippen molar-refractivity contribution in [3.05, 3.63) is 96.1 Å². The van der Waals surface area contributed by atoms with Gasteiger partial charge in [-0.15, -0.1) is 0 Å². The first-order chi connectivity index (χ1) is 17.5. The van der Waals surface area contributed by atoms with Gasteiger partial charge in [-0.1, -0.05) is 60.7 Å². The number of anilines is 2. The van der Waals surface area contributed by atoms with Crippen LogP contribution in [-0.2, 0) is 32.3 Å². The van der Waals surface area contributed by atoms with Crippen molar-refractivity contribution in [3.8, 4) is 0 Å². The zero-order valence-corrected chi connectivity index (χ0v) is 19.6. The molecular formula is C28H26N4O4. The van der Waals surface area contributed by atoms with Crippen molar-refractivity contribution in [1.29, 1.82) is 0 Å². The molecule has 0 aliphatic carbocycles. The molecule has 8 nitrogen and oxygen atoms in total. The van der Waals surface area contributed by atoms with E-state index in [1.807, 2.05) is 60.7 Å². The van der Waals surface area contributed by atoms with Gasteiger partial charge < -0.3 is 10.6 Å². The first-order valence-electron chi connectivity index (χ1n) is 11.9. The second-order valence-electron chi connectivity index (χ2n) is 8.90. The number of benzene rings is 3. The average molecular weight is 483 g/mol. The standard InChI is InChI=1S/C28H26N4O4/c33-25-15-23(29-17-19-7-3-1-4-8-19)27(35)31(25)21-11-13-22(14-12-21)32-26(34)16-24(28(32)36)30-18-20-9-5-2-6-10-20/h1-14,23-24,29-30H,15-18H2/t23-,24+. The zero-order chi connectivity index (χ0) is 25.1. The highest BCUT2D eigenvalue weighted by Crippen LogP contribution is 2.28. The molecule has 4 amide bonds. The Morgan fingerprint density at radius 3 is 1.28 bits per heavy atom. The second-order valence-corrected chi connectivity index (χ2v) is 8.90. The van der Waals surface area contributed by atoms with Crippen molar-refractivity contribution in [1.82, 2.24) is 10.6 Å². The molecule has 182 valence electrons. The summed E-state index contributed by atoms with van der Waals surface area (Å²) in [4.78, 5) is 53.4. The summed E-state index contributed by atoms with van der Waals surface area (Å²) in [5.74, 6) is -1.22. The van der Waals surface area contributed by atoms with E-state index in [1.165, 1.54) is 0 Å². The normalized spacial score (nSPS) is 20.0. The molecule has 2 heterocycles. The molecule has 2 aliphatic heterocycles. The van der Waals surface area contributed by atoms with E-state index in [2.05, 4.69) is 10.6 Å². The molecule has 0 bridgehead atoms. The molecule has 2 fully saturated rings. The maximum atomic E-state index is 12.9. The Labute approximate surface area is 208 Å². The van der Waals surface area contributed by atoms with Gasteiger partial charge in [0.25, 0.3) is 11.8 Å². The summed E-state index contributed by atoms with van der Waals surface area (Å²) in [6.07, 6.45) is 0.149. The summed E-state index contributed by atoms with van der Waals surface area (Å²) in [5.41, 5.74) is 2.88. The lowest BCUT2D eigenvalue weighted by Crippen LogP contribution is -2.39. The van der Waals surface area contributed by atoms with E-state index in [0.717, 1.165) is 20.9 Å². The van der Waals surface area contributed by atoms with E-state index in [0.29, 0.717) is 24.5 Å². The third kappa shape index (κ3) is 4.82. The summed E-state index contributed by atoms with van der Waals surface area (Å²) in [6.45, 7) is 0.964. The van der Waals surface area contributed by atoms with Crippen LogP contribution in [0.2, 0.25) is 0 Å². The van der Waals surface area contributed by atoms with Crippen LogP contribution < -0.4 is 20.4 Å². The number of nitrogens with one attached hydrogen (secondary N) is 2. The highest BCUT2D eigenvalue weighted by atomic mass is 16.2. The number of rotatable bonds is 8. The molecule has 2 aliphatic rings. The number of hydrogen-bond acceptors (Lipinski definition) is 6. The van der Waals surface area contributed by atoms with Gasteiger partial charge in [0.2, 0.25) is 11.8 Å². The highest BCUT2D eigenvalue weighted by molar-refractivity contribution is 6.24. The van der Waals surface area contributed by atoms with Gasteiger partial charge in [-0.25, -0.2) is 9.80 Å². The quantitative estimate of drug-likeness (QED) is 0.479. The fourth-order valence-corrected chi connectivity index (χ4v) is 4.55. The van der Waals surface area contributed by atoms with E-state index in [-0.39, 0.29) is 36.5 Å². The molecule has 36 heavy (non-hydrogen) atoms. The first-order valence-corrected chi connectivity index (χ1v) is 11.9. The molecule has 0 aromatic heterocycles. The third-order valence-electron chi connectivity index (χ3n) is 6.45. The van der Waals surface area contributed by atoms with Crippen LogP contribution in [0.4, 0.5) is 11.4 Å². The number of carbonyl (C=O) groups is 4. The molecule has 3 aromatic rings. The Morgan fingerprint density at radius 2 is 0.917 bits per heavy atom. The number of amides is 4. The van der Waals surface area contributed by atoms with Gasteiger partial charge >= 0.3 is 0 Å². The Hall–Kier alpha value is -4.14. The van der Waals surface area contributed by atoms with Crippen molar-refractivity contribution in [2.75, 3.05) is 9.80 Å². The van der Waals surface area contributed by atoms with Crippen LogP contribution in [0.5, 0.6) is 0 Å². The Morgan fingerprint density at radius 1 is 0.556 bits per heavy atom. The monoisotopic (exact) mass is 482 g/mol. The average Bonchev–Trinajstić information content (AvgIpc) is 3.35. The van der Waals surface area contributed by atoms with Crippen LogP contribution in [0.15, 0.2) is 84.9 Å². The van der Waals surface area contributed by atoms with Gasteiger partial charge in [-0.2, -0.15) is 0 Å². The van der Waals surface area contributed by atoms with Crippen LogP contribution >= 0.6 is 0 Å². The SMILES string of the molecule is O=C1C[C@H](NCc2ccccc2)C(=O)N1c1ccc(N2C(=O)C[C@@H](NCc3ccccc3)C2=O)cc1. The van der Waals surface area contributed by atoms with E-state index in [9.17, 15) is 19.2 Å². The van der Waals surface area contributed by atoms with E-state index >= 15 is 0 Å². The second kappa shape index (κ2) is 10.2. The van der Waals surface area contributed by atoms with Gasteiger partial charge in [0.15, 0.2) is 0 Å². The molecule has 2 atom stereocenters.